The molecule has 31 heavy (non-hydrogen) atoms. The summed E-state index contributed by atoms with van der Waals surface area (Å²) >= 11 is 1.35. The second kappa shape index (κ2) is 8.52. The first-order valence-corrected chi connectivity index (χ1v) is 11.2. The van der Waals surface area contributed by atoms with Crippen molar-refractivity contribution in [3.05, 3.63) is 21.8 Å². The maximum Gasteiger partial charge on any atom is 0.341 e. The van der Waals surface area contributed by atoms with Gasteiger partial charge in [0, 0.05) is 10.9 Å². The van der Waals surface area contributed by atoms with Gasteiger partial charge in [-0.2, -0.15) is 4.98 Å². The van der Waals surface area contributed by atoms with Crippen molar-refractivity contribution in [3.63, 3.8) is 0 Å². The molecule has 2 N–H and O–H groups in total. The summed E-state index contributed by atoms with van der Waals surface area (Å²) in [6, 6.07) is -1.36. The van der Waals surface area contributed by atoms with Crippen LogP contribution in [0.4, 0.5) is 19.7 Å². The van der Waals surface area contributed by atoms with E-state index in [1.54, 1.807) is 13.8 Å². The molecule has 0 spiro atoms. The molecule has 3 heterocycles. The predicted molar refractivity (Wildman–Crippen MR) is 112 cm³/mol. The molecule has 1 aliphatic carbocycles. The Labute approximate surface area is 182 Å². The first kappa shape index (κ1) is 21.7. The number of aromatic nitrogens is 3. The molecular weight excluding hydrogens is 428 g/mol. The van der Waals surface area contributed by atoms with E-state index >= 15 is 0 Å². The molecule has 0 unspecified atom stereocenters. The van der Waals surface area contributed by atoms with Crippen molar-refractivity contribution < 1.29 is 23.1 Å². The van der Waals surface area contributed by atoms with Crippen molar-refractivity contribution in [3.8, 4) is 0 Å². The van der Waals surface area contributed by atoms with E-state index in [2.05, 4.69) is 27.6 Å². The first-order chi connectivity index (χ1) is 14.8. The van der Waals surface area contributed by atoms with E-state index in [1.165, 1.54) is 11.3 Å². The van der Waals surface area contributed by atoms with Crippen molar-refractivity contribution in [2.45, 2.75) is 65.0 Å². The SMILES string of the molecule is CCOC(=O)c1c(NC(=O)c2nc3n(n2)[C@@H](C(F)F)C[C@H](C)N3)sc2c1CC[C@@H](C)C2. The zero-order chi connectivity index (χ0) is 22.3. The Bertz CT molecular complexity index is 1010. The average Bonchev–Trinajstić information content (AvgIpc) is 3.27. The lowest BCUT2D eigenvalue weighted by molar-refractivity contribution is 0.0526. The summed E-state index contributed by atoms with van der Waals surface area (Å²) < 4.78 is 33.2. The third kappa shape index (κ3) is 4.15. The third-order valence-corrected chi connectivity index (χ3v) is 6.80. The van der Waals surface area contributed by atoms with E-state index in [0.29, 0.717) is 16.5 Å². The van der Waals surface area contributed by atoms with Crippen LogP contribution in [-0.4, -0.2) is 45.7 Å². The molecule has 4 rings (SSSR count). The number of hydrogen-bond acceptors (Lipinski definition) is 7. The molecule has 8 nitrogen and oxygen atoms in total. The van der Waals surface area contributed by atoms with Gasteiger partial charge >= 0.3 is 5.97 Å². The number of anilines is 2. The van der Waals surface area contributed by atoms with E-state index in [9.17, 15) is 18.4 Å². The lowest BCUT2D eigenvalue weighted by atomic mass is 9.88. The van der Waals surface area contributed by atoms with Gasteiger partial charge in [-0.25, -0.2) is 18.3 Å². The number of ether oxygens (including phenoxy) is 1. The van der Waals surface area contributed by atoms with Crippen LogP contribution in [0.1, 0.15) is 71.1 Å². The van der Waals surface area contributed by atoms with Gasteiger partial charge in [0.15, 0.2) is 0 Å². The zero-order valence-electron chi connectivity index (χ0n) is 17.6. The first-order valence-electron chi connectivity index (χ1n) is 10.4. The molecule has 3 atom stereocenters. The number of fused-ring (bicyclic) bond motifs is 2. The van der Waals surface area contributed by atoms with Crippen molar-refractivity contribution in [1.82, 2.24) is 14.8 Å². The minimum absolute atomic E-state index is 0.138. The number of nitrogens with one attached hydrogen (secondary N) is 2. The second-order valence-corrected chi connectivity index (χ2v) is 9.22. The van der Waals surface area contributed by atoms with Crippen LogP contribution in [0.5, 0.6) is 0 Å². The van der Waals surface area contributed by atoms with Crippen LogP contribution in [0, 0.1) is 5.92 Å². The zero-order valence-corrected chi connectivity index (χ0v) is 18.4. The molecule has 11 heteroatoms. The maximum atomic E-state index is 13.4. The Balaban J connectivity index is 1.64. The summed E-state index contributed by atoms with van der Waals surface area (Å²) in [7, 11) is 0. The highest BCUT2D eigenvalue weighted by Crippen LogP contribution is 2.40. The maximum absolute atomic E-state index is 13.4. The number of alkyl halides is 2. The largest absolute Gasteiger partial charge is 0.462 e. The Morgan fingerprint density at radius 1 is 1.39 bits per heavy atom. The van der Waals surface area contributed by atoms with Crippen molar-refractivity contribution >= 4 is 34.2 Å². The summed E-state index contributed by atoms with van der Waals surface area (Å²) in [5, 5.41) is 10.1. The number of rotatable bonds is 5. The summed E-state index contributed by atoms with van der Waals surface area (Å²) in [6.45, 7) is 5.87. The Morgan fingerprint density at radius 3 is 2.87 bits per heavy atom. The van der Waals surface area contributed by atoms with Crippen LogP contribution in [0.3, 0.4) is 0 Å². The van der Waals surface area contributed by atoms with Gasteiger partial charge in [-0.05, 0) is 51.0 Å². The van der Waals surface area contributed by atoms with Gasteiger partial charge in [0.25, 0.3) is 12.3 Å². The fourth-order valence-electron chi connectivity index (χ4n) is 4.12. The Morgan fingerprint density at radius 2 is 2.16 bits per heavy atom. The number of thiophene rings is 1. The normalized spacial score (nSPS) is 22.5. The highest BCUT2D eigenvalue weighted by Gasteiger charge is 2.35. The Hall–Kier alpha value is -2.56. The summed E-state index contributed by atoms with van der Waals surface area (Å²) in [6.07, 6.45) is 0.0842. The summed E-state index contributed by atoms with van der Waals surface area (Å²) in [4.78, 5) is 30.7. The van der Waals surface area contributed by atoms with Crippen LogP contribution in [0.15, 0.2) is 0 Å². The van der Waals surface area contributed by atoms with Gasteiger partial charge in [0.1, 0.15) is 11.0 Å². The quantitative estimate of drug-likeness (QED) is 0.667. The van der Waals surface area contributed by atoms with Gasteiger partial charge in [-0.3, -0.25) is 4.79 Å². The number of carbonyl (C=O) groups is 2. The van der Waals surface area contributed by atoms with Gasteiger partial charge < -0.3 is 15.4 Å². The molecule has 0 bridgehead atoms. The molecule has 2 aliphatic rings. The summed E-state index contributed by atoms with van der Waals surface area (Å²) in [5.74, 6) is -0.724. The van der Waals surface area contributed by atoms with E-state index in [0.717, 1.165) is 34.4 Å². The molecular formula is C20H25F2N5O3S. The van der Waals surface area contributed by atoms with Gasteiger partial charge in [0.2, 0.25) is 11.8 Å². The molecule has 168 valence electrons. The molecule has 2 aromatic rings. The lowest BCUT2D eigenvalue weighted by Crippen LogP contribution is -2.33. The number of esters is 1. The number of halogens is 2. The average molecular weight is 454 g/mol. The molecule has 2 aromatic heterocycles. The van der Waals surface area contributed by atoms with Crippen LogP contribution in [0.25, 0.3) is 0 Å². The van der Waals surface area contributed by atoms with E-state index < -0.39 is 24.3 Å². The van der Waals surface area contributed by atoms with E-state index in [4.69, 9.17) is 4.74 Å². The highest BCUT2D eigenvalue weighted by molar-refractivity contribution is 7.17. The van der Waals surface area contributed by atoms with Crippen LogP contribution < -0.4 is 10.6 Å². The minimum atomic E-state index is -2.62. The highest BCUT2D eigenvalue weighted by atomic mass is 32.1. The molecule has 0 fully saturated rings. The monoisotopic (exact) mass is 453 g/mol. The number of nitrogens with zero attached hydrogens (tertiary/aromatic N) is 3. The van der Waals surface area contributed by atoms with Gasteiger partial charge in [-0.15, -0.1) is 16.4 Å². The van der Waals surface area contributed by atoms with Crippen molar-refractivity contribution in [1.29, 1.82) is 0 Å². The molecule has 0 aromatic carbocycles. The van der Waals surface area contributed by atoms with E-state index in [1.807, 2.05) is 0 Å². The van der Waals surface area contributed by atoms with Gasteiger partial charge in [-0.1, -0.05) is 6.92 Å². The standard InChI is InChI=1S/C20H25F2N5O3S/c1-4-30-19(29)14-11-6-5-9(2)7-13(11)31-18(14)25-17(28)16-24-20-23-10(3)8-12(15(21)22)27(20)26-16/h9-10,12,15H,4-8H2,1-3H3,(H,25,28)(H,23,24,26)/t9-,10+,12-/m1/s1. The van der Waals surface area contributed by atoms with Crippen LogP contribution in [0.2, 0.25) is 0 Å². The van der Waals surface area contributed by atoms with E-state index in [-0.39, 0.29) is 30.8 Å². The smallest absolute Gasteiger partial charge is 0.341 e. The number of carbonyl (C=O) groups excluding carboxylic acids is 2. The predicted octanol–water partition coefficient (Wildman–Crippen LogP) is 3.90. The molecule has 0 saturated carbocycles. The molecule has 1 amide bonds. The topological polar surface area (TPSA) is 98.1 Å². The minimum Gasteiger partial charge on any atom is -0.462 e. The summed E-state index contributed by atoms with van der Waals surface area (Å²) in [5.41, 5.74) is 1.30. The lowest BCUT2D eigenvalue weighted by Gasteiger charge is -2.28. The fourth-order valence-corrected chi connectivity index (χ4v) is 5.51. The number of amides is 1. The van der Waals surface area contributed by atoms with Crippen LogP contribution >= 0.6 is 11.3 Å². The van der Waals surface area contributed by atoms with Crippen molar-refractivity contribution in [2.75, 3.05) is 17.2 Å². The number of hydrogen-bond donors (Lipinski definition) is 2. The molecule has 0 saturated heterocycles. The molecule has 1 aliphatic heterocycles. The fraction of sp³-hybridized carbons (Fsp3) is 0.600. The Kier molecular flexibility index (Phi) is 5.96. The molecule has 0 radical (unpaired) electrons. The second-order valence-electron chi connectivity index (χ2n) is 8.12. The van der Waals surface area contributed by atoms with Crippen LogP contribution in [-0.2, 0) is 17.6 Å². The van der Waals surface area contributed by atoms with Crippen molar-refractivity contribution in [2.24, 2.45) is 5.92 Å². The third-order valence-electron chi connectivity index (χ3n) is 5.63. The van der Waals surface area contributed by atoms with Gasteiger partial charge in [0.05, 0.1) is 12.2 Å².